The number of hydrogen-bond donors (Lipinski definition) is 1. The Bertz CT molecular complexity index is 580. The van der Waals surface area contributed by atoms with Crippen LogP contribution in [0.15, 0.2) is 27.6 Å². The van der Waals surface area contributed by atoms with E-state index in [1.165, 1.54) is 16.4 Å². The molecule has 0 aliphatic carbocycles. The van der Waals surface area contributed by atoms with Crippen LogP contribution in [0.3, 0.4) is 0 Å². The summed E-state index contributed by atoms with van der Waals surface area (Å²) in [7, 11) is -3.80. The Balaban J connectivity index is 0.00000220. The lowest BCUT2D eigenvalue weighted by molar-refractivity contribution is 0.333. The largest absolute Gasteiger partial charge is 0.315 e. The van der Waals surface area contributed by atoms with Crippen molar-refractivity contribution in [3.8, 4) is 0 Å². The molecule has 120 valence electrons. The third kappa shape index (κ3) is 4.16. The van der Waals surface area contributed by atoms with Crippen LogP contribution in [0.5, 0.6) is 0 Å². The lowest BCUT2D eigenvalue weighted by Crippen LogP contribution is -2.42. The smallest absolute Gasteiger partial charge is 0.246 e. The average molecular weight is 402 g/mol. The van der Waals surface area contributed by atoms with Gasteiger partial charge in [0.2, 0.25) is 10.0 Å². The summed E-state index contributed by atoms with van der Waals surface area (Å²) >= 11 is 3.14. The van der Waals surface area contributed by atoms with Crippen molar-refractivity contribution in [1.82, 2.24) is 9.62 Å². The van der Waals surface area contributed by atoms with Crippen LogP contribution in [-0.4, -0.2) is 38.4 Å². The second kappa shape index (κ2) is 7.87. The molecule has 0 saturated carbocycles. The molecule has 21 heavy (non-hydrogen) atoms. The van der Waals surface area contributed by atoms with Gasteiger partial charge in [-0.2, -0.15) is 4.31 Å². The number of hydrogen-bond acceptors (Lipinski definition) is 3. The first-order valence-corrected chi connectivity index (χ1v) is 8.87. The summed E-state index contributed by atoms with van der Waals surface area (Å²) in [6.45, 7) is 3.74. The van der Waals surface area contributed by atoms with Crippen molar-refractivity contribution < 1.29 is 12.8 Å². The molecule has 2 rings (SSSR count). The maximum Gasteiger partial charge on any atom is 0.246 e. The van der Waals surface area contributed by atoms with Gasteiger partial charge in [0.15, 0.2) is 0 Å². The van der Waals surface area contributed by atoms with Gasteiger partial charge in [-0.3, -0.25) is 0 Å². The van der Waals surface area contributed by atoms with Gasteiger partial charge in [0.05, 0.1) is 0 Å². The number of sulfonamides is 1. The van der Waals surface area contributed by atoms with E-state index in [1.807, 2.05) is 6.92 Å². The molecule has 1 saturated heterocycles. The van der Waals surface area contributed by atoms with E-state index in [0.29, 0.717) is 24.0 Å². The summed E-state index contributed by atoms with van der Waals surface area (Å²) in [5.41, 5.74) is 0. The summed E-state index contributed by atoms with van der Waals surface area (Å²) in [4.78, 5) is -0.249. The molecular weight excluding hydrogens is 383 g/mol. The first-order chi connectivity index (χ1) is 9.46. The highest BCUT2D eigenvalue weighted by atomic mass is 79.9. The van der Waals surface area contributed by atoms with E-state index in [0.717, 1.165) is 13.0 Å². The van der Waals surface area contributed by atoms with E-state index in [-0.39, 0.29) is 23.3 Å². The third-order valence-corrected chi connectivity index (χ3v) is 5.84. The average Bonchev–Trinajstić information content (AvgIpc) is 2.88. The Hall–Kier alpha value is -0.210. The minimum Gasteiger partial charge on any atom is -0.315 e. The molecule has 1 unspecified atom stereocenters. The molecule has 0 aromatic heterocycles. The summed E-state index contributed by atoms with van der Waals surface area (Å²) in [6.07, 6.45) is 1.46. The van der Waals surface area contributed by atoms with Crippen molar-refractivity contribution in [3.05, 3.63) is 28.5 Å². The Labute approximate surface area is 139 Å². The molecule has 0 spiro atoms. The lowest BCUT2D eigenvalue weighted by atomic mass is 10.2. The van der Waals surface area contributed by atoms with Gasteiger partial charge in [-0.1, -0.05) is 22.9 Å². The standard InChI is InChI=1S/C13H18BrFN2O2S.ClH/c1-2-7-17(11-5-6-16-9-11)20(18,19)13-4-3-10(14)8-12(13)15;/h3-4,8,11,16H,2,5-7,9H2,1H3;1H. The molecule has 1 aliphatic heterocycles. The molecule has 1 aliphatic rings. The molecular formula is C13H19BrClFN2O2S. The second-order valence-corrected chi connectivity index (χ2v) is 7.61. The molecule has 8 heteroatoms. The van der Waals surface area contributed by atoms with Gasteiger partial charge >= 0.3 is 0 Å². The van der Waals surface area contributed by atoms with Crippen LogP contribution in [-0.2, 0) is 10.0 Å². The van der Waals surface area contributed by atoms with Crippen LogP contribution in [0.4, 0.5) is 4.39 Å². The van der Waals surface area contributed by atoms with Crippen LogP contribution >= 0.6 is 28.3 Å². The zero-order valence-corrected chi connectivity index (χ0v) is 14.9. The van der Waals surface area contributed by atoms with Crippen molar-refractivity contribution in [1.29, 1.82) is 0 Å². The molecule has 0 amide bonds. The molecule has 1 atom stereocenters. The number of halogens is 3. The van der Waals surface area contributed by atoms with Gasteiger partial charge in [-0.25, -0.2) is 12.8 Å². The Morgan fingerprint density at radius 2 is 2.19 bits per heavy atom. The third-order valence-electron chi connectivity index (χ3n) is 3.37. The highest BCUT2D eigenvalue weighted by molar-refractivity contribution is 9.10. The summed E-state index contributed by atoms with van der Waals surface area (Å²) in [5.74, 6) is -0.716. The number of benzene rings is 1. The monoisotopic (exact) mass is 400 g/mol. The topological polar surface area (TPSA) is 49.4 Å². The SMILES string of the molecule is CCCN(C1CCNC1)S(=O)(=O)c1ccc(Br)cc1F.Cl. The fraction of sp³-hybridized carbons (Fsp3) is 0.538. The van der Waals surface area contributed by atoms with E-state index in [2.05, 4.69) is 21.2 Å². The van der Waals surface area contributed by atoms with Gasteiger partial charge in [0.25, 0.3) is 0 Å². The van der Waals surface area contributed by atoms with Crippen LogP contribution < -0.4 is 5.32 Å². The van der Waals surface area contributed by atoms with Crippen LogP contribution in [0, 0.1) is 5.82 Å². The molecule has 0 radical (unpaired) electrons. The van der Waals surface area contributed by atoms with E-state index >= 15 is 0 Å². The fourth-order valence-corrected chi connectivity index (χ4v) is 4.54. The zero-order valence-electron chi connectivity index (χ0n) is 11.7. The van der Waals surface area contributed by atoms with Crippen molar-refractivity contribution in [2.75, 3.05) is 19.6 Å². The molecule has 1 fully saturated rings. The van der Waals surface area contributed by atoms with Crippen LogP contribution in [0.25, 0.3) is 0 Å². The molecule has 1 aromatic carbocycles. The van der Waals surface area contributed by atoms with Crippen molar-refractivity contribution in [2.24, 2.45) is 0 Å². The lowest BCUT2D eigenvalue weighted by Gasteiger charge is -2.27. The van der Waals surface area contributed by atoms with Crippen molar-refractivity contribution in [2.45, 2.75) is 30.7 Å². The quantitative estimate of drug-likeness (QED) is 0.825. The van der Waals surface area contributed by atoms with Gasteiger partial charge in [-0.05, 0) is 37.6 Å². The van der Waals surface area contributed by atoms with Crippen molar-refractivity contribution >= 4 is 38.4 Å². The number of nitrogens with one attached hydrogen (secondary N) is 1. The minimum atomic E-state index is -3.80. The van der Waals surface area contributed by atoms with Gasteiger partial charge in [0.1, 0.15) is 10.7 Å². The van der Waals surface area contributed by atoms with E-state index in [1.54, 1.807) is 6.07 Å². The summed E-state index contributed by atoms with van der Waals surface area (Å²) < 4.78 is 41.3. The molecule has 1 aromatic rings. The Morgan fingerprint density at radius 3 is 2.71 bits per heavy atom. The normalized spacial score (nSPS) is 18.8. The predicted octanol–water partition coefficient (Wildman–Crippen LogP) is 2.77. The van der Waals surface area contributed by atoms with Crippen LogP contribution in [0.2, 0.25) is 0 Å². The molecule has 1 N–H and O–H groups in total. The minimum absolute atomic E-state index is 0. The first kappa shape index (κ1) is 18.8. The molecule has 0 bridgehead atoms. The molecule has 1 heterocycles. The number of nitrogens with zero attached hydrogens (tertiary/aromatic N) is 1. The van der Waals surface area contributed by atoms with Crippen LogP contribution in [0.1, 0.15) is 19.8 Å². The Kier molecular flexibility index (Phi) is 7.06. The Morgan fingerprint density at radius 1 is 1.48 bits per heavy atom. The first-order valence-electron chi connectivity index (χ1n) is 6.64. The highest BCUT2D eigenvalue weighted by Crippen LogP contribution is 2.25. The second-order valence-electron chi connectivity index (χ2n) is 4.84. The number of rotatable bonds is 5. The summed E-state index contributed by atoms with van der Waals surface area (Å²) in [5, 5.41) is 3.15. The fourth-order valence-electron chi connectivity index (χ4n) is 2.42. The maximum absolute atomic E-state index is 14.0. The van der Waals surface area contributed by atoms with E-state index < -0.39 is 15.8 Å². The maximum atomic E-state index is 14.0. The molecule has 4 nitrogen and oxygen atoms in total. The van der Waals surface area contributed by atoms with Crippen molar-refractivity contribution in [3.63, 3.8) is 0 Å². The predicted molar refractivity (Wildman–Crippen MR) is 86.8 cm³/mol. The van der Waals surface area contributed by atoms with E-state index in [9.17, 15) is 12.8 Å². The van der Waals surface area contributed by atoms with E-state index in [4.69, 9.17) is 0 Å². The van der Waals surface area contributed by atoms with Gasteiger partial charge in [-0.15, -0.1) is 12.4 Å². The summed E-state index contributed by atoms with van der Waals surface area (Å²) in [6, 6.07) is 3.96. The van der Waals surface area contributed by atoms with Gasteiger partial charge < -0.3 is 5.32 Å². The highest BCUT2D eigenvalue weighted by Gasteiger charge is 2.34. The zero-order chi connectivity index (χ0) is 14.8. The van der Waals surface area contributed by atoms with Gasteiger partial charge in [0, 0.05) is 23.6 Å².